The van der Waals surface area contributed by atoms with Crippen molar-refractivity contribution in [3.8, 4) is 11.1 Å². The highest BCUT2D eigenvalue weighted by atomic mass is 16.5. The molecular weight excluding hydrogens is 478 g/mol. The molecule has 0 aromatic heterocycles. The fraction of sp³-hybridized carbons (Fsp3) is 0.258. The molecule has 2 amide bonds. The van der Waals surface area contributed by atoms with Crippen molar-refractivity contribution >= 4 is 34.7 Å². The molecular formula is C31H33N3O4. The lowest BCUT2D eigenvalue weighted by molar-refractivity contribution is -0.117. The van der Waals surface area contributed by atoms with E-state index in [-0.39, 0.29) is 36.3 Å². The van der Waals surface area contributed by atoms with E-state index in [0.717, 1.165) is 40.2 Å². The van der Waals surface area contributed by atoms with Crippen LogP contribution in [0.25, 0.3) is 11.1 Å². The van der Waals surface area contributed by atoms with E-state index in [0.29, 0.717) is 11.3 Å². The van der Waals surface area contributed by atoms with Gasteiger partial charge in [0, 0.05) is 42.5 Å². The van der Waals surface area contributed by atoms with Crippen LogP contribution < -0.4 is 15.5 Å². The lowest BCUT2D eigenvalue weighted by atomic mass is 9.88. The topological polar surface area (TPSA) is 87.7 Å². The second-order valence-electron chi connectivity index (χ2n) is 9.70. The zero-order valence-electron chi connectivity index (χ0n) is 22.2. The predicted molar refractivity (Wildman–Crippen MR) is 151 cm³/mol. The number of hydrogen-bond donors (Lipinski definition) is 2. The van der Waals surface area contributed by atoms with E-state index < -0.39 is 0 Å². The van der Waals surface area contributed by atoms with Gasteiger partial charge in [0.05, 0.1) is 11.8 Å². The quantitative estimate of drug-likeness (QED) is 0.272. The Labute approximate surface area is 223 Å². The minimum Gasteiger partial charge on any atom is -0.491 e. The first-order chi connectivity index (χ1) is 18.1. The van der Waals surface area contributed by atoms with E-state index in [1.165, 1.54) is 6.92 Å². The molecule has 0 fully saturated rings. The van der Waals surface area contributed by atoms with Crippen molar-refractivity contribution in [3.63, 3.8) is 0 Å². The molecule has 7 nitrogen and oxygen atoms in total. The van der Waals surface area contributed by atoms with Gasteiger partial charge >= 0.3 is 0 Å². The molecule has 1 heterocycles. The van der Waals surface area contributed by atoms with Crippen molar-refractivity contribution < 1.29 is 19.1 Å². The molecule has 0 radical (unpaired) electrons. The minimum absolute atomic E-state index is 0.00236. The zero-order valence-corrected chi connectivity index (χ0v) is 22.2. The normalized spacial score (nSPS) is 16.3. The van der Waals surface area contributed by atoms with Gasteiger partial charge in [0.15, 0.2) is 12.4 Å². The van der Waals surface area contributed by atoms with Crippen molar-refractivity contribution in [1.29, 1.82) is 0 Å². The summed E-state index contributed by atoms with van der Waals surface area (Å²) in [5.74, 6) is 0.262. The van der Waals surface area contributed by atoms with Crippen molar-refractivity contribution in [3.05, 3.63) is 90.2 Å². The number of amides is 2. The number of carbonyl (C=O) groups is 3. The van der Waals surface area contributed by atoms with Crippen LogP contribution in [-0.4, -0.2) is 30.2 Å². The van der Waals surface area contributed by atoms with E-state index in [2.05, 4.69) is 23.3 Å². The third-order valence-electron chi connectivity index (χ3n) is 6.53. The summed E-state index contributed by atoms with van der Waals surface area (Å²) in [7, 11) is 0. The van der Waals surface area contributed by atoms with Crippen LogP contribution in [0.3, 0.4) is 0 Å². The van der Waals surface area contributed by atoms with Gasteiger partial charge in [0.2, 0.25) is 11.8 Å². The largest absolute Gasteiger partial charge is 0.491 e. The maximum absolute atomic E-state index is 12.6. The summed E-state index contributed by atoms with van der Waals surface area (Å²) in [6.07, 6.45) is 0.717. The number of benzene rings is 3. The second kappa shape index (κ2) is 11.3. The first-order valence-corrected chi connectivity index (χ1v) is 12.6. The summed E-state index contributed by atoms with van der Waals surface area (Å²) in [5, 5.41) is 6.44. The zero-order chi connectivity index (χ0) is 27.4. The van der Waals surface area contributed by atoms with Crippen LogP contribution in [0.4, 0.5) is 17.1 Å². The number of fused-ring (bicyclic) bond motifs is 1. The molecule has 0 bridgehead atoms. The fourth-order valence-electron chi connectivity index (χ4n) is 4.87. The average Bonchev–Trinajstić information content (AvgIpc) is 2.87. The molecule has 3 aromatic carbocycles. The number of carbonyl (C=O) groups excluding carboxylic acids is 3. The number of ketones is 1. The standard InChI is InChI=1S/C31H33N3O4/c1-19(2)38-18-31(37)23-9-12-26(13-10-23)33-29-15-20(3)34(22(5)36)30-14-11-25(17-28(29)30)24-7-6-8-27(16-24)32-21(4)35/h6-14,16-17,20,29,33H,1,15,18H2,2-5H3,(H,32,35)/t20-,29+/m0/s1. The van der Waals surface area contributed by atoms with Gasteiger partial charge in [-0.3, -0.25) is 14.4 Å². The molecule has 0 saturated heterocycles. The Balaban J connectivity index is 1.64. The molecule has 0 saturated carbocycles. The molecule has 38 heavy (non-hydrogen) atoms. The lowest BCUT2D eigenvalue weighted by Gasteiger charge is -2.39. The summed E-state index contributed by atoms with van der Waals surface area (Å²) >= 11 is 0. The number of hydrogen-bond acceptors (Lipinski definition) is 5. The van der Waals surface area contributed by atoms with Gasteiger partial charge in [-0.25, -0.2) is 0 Å². The van der Waals surface area contributed by atoms with E-state index >= 15 is 0 Å². The smallest absolute Gasteiger partial charge is 0.224 e. The Morgan fingerprint density at radius 2 is 1.66 bits per heavy atom. The molecule has 4 rings (SSSR count). The van der Waals surface area contributed by atoms with E-state index in [9.17, 15) is 14.4 Å². The molecule has 196 valence electrons. The summed E-state index contributed by atoms with van der Waals surface area (Å²) < 4.78 is 5.25. The molecule has 2 atom stereocenters. The van der Waals surface area contributed by atoms with Gasteiger partial charge < -0.3 is 20.3 Å². The third-order valence-corrected chi connectivity index (χ3v) is 6.53. The number of nitrogens with one attached hydrogen (secondary N) is 2. The number of anilines is 3. The Kier molecular flexibility index (Phi) is 7.96. The predicted octanol–water partition coefficient (Wildman–Crippen LogP) is 6.34. The van der Waals surface area contributed by atoms with Crippen LogP contribution in [0.5, 0.6) is 0 Å². The molecule has 1 aliphatic heterocycles. The van der Waals surface area contributed by atoms with Crippen LogP contribution in [0.1, 0.15) is 56.1 Å². The SMILES string of the molecule is C=C(C)OCC(=O)c1ccc(N[C@@H]2C[C@H](C)N(C(C)=O)c3ccc(-c4cccc(NC(C)=O)c4)cc32)cc1. The highest BCUT2D eigenvalue weighted by molar-refractivity contribution is 5.97. The maximum Gasteiger partial charge on any atom is 0.224 e. The number of allylic oxidation sites excluding steroid dienone is 1. The van der Waals surface area contributed by atoms with E-state index in [4.69, 9.17) is 4.74 Å². The summed E-state index contributed by atoms with van der Waals surface area (Å²) in [6.45, 7) is 10.4. The Morgan fingerprint density at radius 3 is 2.32 bits per heavy atom. The highest BCUT2D eigenvalue weighted by Gasteiger charge is 2.32. The number of ether oxygens (including phenoxy) is 1. The Bertz CT molecular complexity index is 1380. The summed E-state index contributed by atoms with van der Waals surface area (Å²) in [5.41, 5.74) is 6.00. The van der Waals surface area contributed by atoms with E-state index in [1.54, 1.807) is 26.0 Å². The van der Waals surface area contributed by atoms with Crippen LogP contribution in [0, 0.1) is 0 Å². The monoisotopic (exact) mass is 511 g/mol. The van der Waals surface area contributed by atoms with Crippen LogP contribution >= 0.6 is 0 Å². The Morgan fingerprint density at radius 1 is 0.947 bits per heavy atom. The summed E-state index contributed by atoms with van der Waals surface area (Å²) in [4.78, 5) is 38.3. The van der Waals surface area contributed by atoms with Gasteiger partial charge in [-0.1, -0.05) is 24.8 Å². The maximum atomic E-state index is 12.6. The average molecular weight is 512 g/mol. The van der Waals surface area contributed by atoms with E-state index in [1.807, 2.05) is 60.4 Å². The first kappa shape index (κ1) is 26.7. The molecule has 1 aliphatic rings. The molecule has 0 unspecified atom stereocenters. The van der Waals surface area contributed by atoms with Crippen molar-refractivity contribution in [2.24, 2.45) is 0 Å². The van der Waals surface area contributed by atoms with Crippen molar-refractivity contribution in [2.75, 3.05) is 22.1 Å². The highest BCUT2D eigenvalue weighted by Crippen LogP contribution is 2.41. The van der Waals surface area contributed by atoms with Crippen LogP contribution in [0.15, 0.2) is 79.1 Å². The van der Waals surface area contributed by atoms with Gasteiger partial charge in [-0.15, -0.1) is 0 Å². The van der Waals surface area contributed by atoms with Crippen molar-refractivity contribution in [2.45, 2.75) is 46.2 Å². The number of Topliss-reactive ketones (excluding diaryl/α,β-unsaturated/α-hetero) is 1. The van der Waals surface area contributed by atoms with Gasteiger partial charge in [0.25, 0.3) is 0 Å². The molecule has 0 aliphatic carbocycles. The second-order valence-corrected chi connectivity index (χ2v) is 9.70. The fourth-order valence-corrected chi connectivity index (χ4v) is 4.87. The third kappa shape index (κ3) is 6.11. The van der Waals surface area contributed by atoms with Crippen molar-refractivity contribution in [1.82, 2.24) is 0 Å². The molecule has 3 aromatic rings. The minimum atomic E-state index is -0.126. The first-order valence-electron chi connectivity index (χ1n) is 12.6. The Hall–Kier alpha value is -4.39. The van der Waals surface area contributed by atoms with Gasteiger partial charge in [-0.2, -0.15) is 0 Å². The summed E-state index contributed by atoms with van der Waals surface area (Å²) in [6, 6.07) is 21.1. The molecule has 7 heteroatoms. The lowest BCUT2D eigenvalue weighted by Crippen LogP contribution is -2.43. The molecule has 2 N–H and O–H groups in total. The van der Waals surface area contributed by atoms with Gasteiger partial charge in [-0.05, 0) is 85.5 Å². The molecule has 0 spiro atoms. The van der Waals surface area contributed by atoms with Crippen LogP contribution in [-0.2, 0) is 14.3 Å². The number of rotatable bonds is 8. The van der Waals surface area contributed by atoms with Gasteiger partial charge in [0.1, 0.15) is 0 Å². The number of nitrogens with zero attached hydrogens (tertiary/aromatic N) is 1. The van der Waals surface area contributed by atoms with Crippen LogP contribution in [0.2, 0.25) is 0 Å².